The van der Waals surface area contributed by atoms with Crippen molar-refractivity contribution in [2.45, 2.75) is 12.8 Å². The molecule has 0 aliphatic carbocycles. The molecule has 0 atom stereocenters. The van der Waals surface area contributed by atoms with Gasteiger partial charge in [0, 0.05) is 6.07 Å². The second-order valence-corrected chi connectivity index (χ2v) is 3.80. The van der Waals surface area contributed by atoms with Gasteiger partial charge >= 0.3 is 5.97 Å². The van der Waals surface area contributed by atoms with Crippen LogP contribution >= 0.6 is 0 Å². The Hall–Kier alpha value is -1.62. The maximum Gasteiger partial charge on any atom is 0.315 e. The van der Waals surface area contributed by atoms with E-state index in [-0.39, 0.29) is 23.5 Å². The summed E-state index contributed by atoms with van der Waals surface area (Å²) in [5.74, 6) is 0.0135. The molecule has 2 heterocycles. The molecule has 0 aromatic carbocycles. The van der Waals surface area contributed by atoms with Crippen LogP contribution in [0.25, 0.3) is 0 Å². The number of nitrogens with one attached hydrogen (secondary N) is 1. The summed E-state index contributed by atoms with van der Waals surface area (Å²) in [6, 6.07) is 2.92. The molecule has 1 fully saturated rings. The van der Waals surface area contributed by atoms with Gasteiger partial charge in [0.2, 0.25) is 5.88 Å². The zero-order valence-electron chi connectivity index (χ0n) is 8.85. The van der Waals surface area contributed by atoms with Crippen molar-refractivity contribution in [1.29, 1.82) is 0 Å². The minimum absolute atomic E-state index is 0.0446. The average molecular weight is 222 g/mol. The van der Waals surface area contributed by atoms with Gasteiger partial charge in [0.15, 0.2) is 0 Å². The fourth-order valence-corrected chi connectivity index (χ4v) is 1.68. The Morgan fingerprint density at radius 3 is 2.81 bits per heavy atom. The summed E-state index contributed by atoms with van der Waals surface area (Å²) in [6.07, 6.45) is 2.86. The molecule has 5 nitrogen and oxygen atoms in total. The minimum Gasteiger partial charge on any atom is -0.506 e. The van der Waals surface area contributed by atoms with Crippen LogP contribution in [0.2, 0.25) is 0 Å². The van der Waals surface area contributed by atoms with E-state index in [9.17, 15) is 4.79 Å². The van der Waals surface area contributed by atoms with Gasteiger partial charge in [0.1, 0.15) is 5.75 Å². The second-order valence-electron chi connectivity index (χ2n) is 3.80. The van der Waals surface area contributed by atoms with E-state index in [4.69, 9.17) is 9.84 Å². The van der Waals surface area contributed by atoms with Crippen LogP contribution in [0.5, 0.6) is 11.6 Å². The maximum absolute atomic E-state index is 11.7. The fourth-order valence-electron chi connectivity index (χ4n) is 1.68. The Bertz CT molecular complexity index is 358. The van der Waals surface area contributed by atoms with E-state index in [2.05, 4.69) is 10.3 Å². The molecule has 0 spiro atoms. The summed E-state index contributed by atoms with van der Waals surface area (Å²) in [5.41, 5.74) is 0. The van der Waals surface area contributed by atoms with Crippen molar-refractivity contribution in [3.8, 4) is 11.6 Å². The minimum atomic E-state index is -0.236. The number of aromatic hydroxyl groups is 1. The number of carbonyl (C=O) groups excluding carboxylic acids is 1. The van der Waals surface area contributed by atoms with Crippen LogP contribution in [0, 0.1) is 5.92 Å². The predicted octanol–water partition coefficient (Wildman–Crippen LogP) is 0.692. The first kappa shape index (κ1) is 10.9. The molecule has 0 unspecified atom stereocenters. The molecule has 1 aliphatic rings. The SMILES string of the molecule is O=C(Oc1ccc(O)cn1)C1CCNCC1. The normalized spacial score (nSPS) is 17.0. The molecule has 0 saturated carbocycles. The molecule has 2 rings (SSSR count). The summed E-state index contributed by atoms with van der Waals surface area (Å²) in [4.78, 5) is 15.5. The topological polar surface area (TPSA) is 71.5 Å². The Morgan fingerprint density at radius 2 is 2.19 bits per heavy atom. The van der Waals surface area contributed by atoms with Crippen molar-refractivity contribution in [2.75, 3.05) is 13.1 Å². The Kier molecular flexibility index (Phi) is 3.36. The van der Waals surface area contributed by atoms with Gasteiger partial charge in [-0.25, -0.2) is 4.98 Å². The number of carbonyl (C=O) groups is 1. The summed E-state index contributed by atoms with van der Waals surface area (Å²) in [7, 11) is 0. The third-order valence-corrected chi connectivity index (χ3v) is 2.60. The number of hydrogen-bond donors (Lipinski definition) is 2. The lowest BCUT2D eigenvalue weighted by Gasteiger charge is -2.20. The maximum atomic E-state index is 11.7. The van der Waals surface area contributed by atoms with E-state index in [0.717, 1.165) is 25.9 Å². The van der Waals surface area contributed by atoms with Crippen molar-refractivity contribution in [2.24, 2.45) is 5.92 Å². The molecule has 1 saturated heterocycles. The monoisotopic (exact) mass is 222 g/mol. The Labute approximate surface area is 93.5 Å². The lowest BCUT2D eigenvalue weighted by Crippen LogP contribution is -2.33. The first-order chi connectivity index (χ1) is 7.75. The van der Waals surface area contributed by atoms with Crippen LogP contribution in [-0.4, -0.2) is 29.1 Å². The molecule has 0 bridgehead atoms. The highest BCUT2D eigenvalue weighted by atomic mass is 16.5. The highest BCUT2D eigenvalue weighted by Crippen LogP contribution is 2.17. The van der Waals surface area contributed by atoms with E-state index in [1.165, 1.54) is 18.3 Å². The number of ether oxygens (including phenoxy) is 1. The average Bonchev–Trinajstić information content (AvgIpc) is 2.33. The number of nitrogens with zero attached hydrogens (tertiary/aromatic N) is 1. The van der Waals surface area contributed by atoms with Crippen LogP contribution in [-0.2, 0) is 4.79 Å². The quantitative estimate of drug-likeness (QED) is 0.720. The molecule has 0 radical (unpaired) electrons. The number of aromatic nitrogens is 1. The molecule has 16 heavy (non-hydrogen) atoms. The summed E-state index contributed by atoms with van der Waals surface area (Å²) in [6.45, 7) is 1.70. The van der Waals surface area contributed by atoms with Gasteiger partial charge in [0.05, 0.1) is 12.1 Å². The zero-order valence-corrected chi connectivity index (χ0v) is 8.85. The lowest BCUT2D eigenvalue weighted by atomic mass is 9.99. The van der Waals surface area contributed by atoms with E-state index in [1.54, 1.807) is 0 Å². The highest BCUT2D eigenvalue weighted by molar-refractivity contribution is 5.74. The van der Waals surface area contributed by atoms with E-state index >= 15 is 0 Å². The Balaban J connectivity index is 1.93. The Morgan fingerprint density at radius 1 is 1.44 bits per heavy atom. The molecular formula is C11H14N2O3. The summed E-state index contributed by atoms with van der Waals surface area (Å²) >= 11 is 0. The smallest absolute Gasteiger partial charge is 0.315 e. The molecular weight excluding hydrogens is 208 g/mol. The number of pyridine rings is 1. The molecule has 86 valence electrons. The van der Waals surface area contributed by atoms with Gasteiger partial charge in [-0.2, -0.15) is 0 Å². The highest BCUT2D eigenvalue weighted by Gasteiger charge is 2.22. The molecule has 1 aromatic heterocycles. The summed E-state index contributed by atoms with van der Waals surface area (Å²) < 4.78 is 5.12. The van der Waals surface area contributed by atoms with E-state index in [0.29, 0.717) is 0 Å². The van der Waals surface area contributed by atoms with Gasteiger partial charge in [-0.1, -0.05) is 0 Å². The van der Waals surface area contributed by atoms with Crippen LogP contribution < -0.4 is 10.1 Å². The predicted molar refractivity (Wildman–Crippen MR) is 57.1 cm³/mol. The van der Waals surface area contributed by atoms with E-state index < -0.39 is 0 Å². The first-order valence-corrected chi connectivity index (χ1v) is 5.33. The van der Waals surface area contributed by atoms with Crippen molar-refractivity contribution in [3.05, 3.63) is 18.3 Å². The van der Waals surface area contributed by atoms with Gasteiger partial charge < -0.3 is 15.2 Å². The molecule has 0 amide bonds. The summed E-state index contributed by atoms with van der Waals surface area (Å²) in [5, 5.41) is 12.2. The zero-order chi connectivity index (χ0) is 11.4. The lowest BCUT2D eigenvalue weighted by molar-refractivity contribution is -0.140. The van der Waals surface area contributed by atoms with Gasteiger partial charge in [-0.3, -0.25) is 4.79 Å². The van der Waals surface area contributed by atoms with E-state index in [1.807, 2.05) is 0 Å². The van der Waals surface area contributed by atoms with Crippen molar-refractivity contribution in [1.82, 2.24) is 10.3 Å². The van der Waals surface area contributed by atoms with Gasteiger partial charge in [-0.05, 0) is 32.0 Å². The third-order valence-electron chi connectivity index (χ3n) is 2.60. The molecule has 1 aromatic rings. The van der Waals surface area contributed by atoms with Crippen LogP contribution in [0.3, 0.4) is 0 Å². The van der Waals surface area contributed by atoms with Crippen LogP contribution in [0.15, 0.2) is 18.3 Å². The number of hydrogen-bond acceptors (Lipinski definition) is 5. The van der Waals surface area contributed by atoms with Crippen molar-refractivity contribution in [3.63, 3.8) is 0 Å². The number of rotatable bonds is 2. The van der Waals surface area contributed by atoms with Crippen molar-refractivity contribution < 1.29 is 14.6 Å². The first-order valence-electron chi connectivity index (χ1n) is 5.33. The second kappa shape index (κ2) is 4.94. The largest absolute Gasteiger partial charge is 0.506 e. The third kappa shape index (κ3) is 2.70. The molecule has 5 heteroatoms. The fraction of sp³-hybridized carbons (Fsp3) is 0.455. The number of piperidine rings is 1. The van der Waals surface area contributed by atoms with Crippen molar-refractivity contribution >= 4 is 5.97 Å². The van der Waals surface area contributed by atoms with Gasteiger partial charge in [-0.15, -0.1) is 0 Å². The van der Waals surface area contributed by atoms with Gasteiger partial charge in [0.25, 0.3) is 0 Å². The standard InChI is InChI=1S/C11H14N2O3/c14-9-1-2-10(13-7-9)16-11(15)8-3-5-12-6-4-8/h1-2,7-8,12,14H,3-6H2. The number of esters is 1. The van der Waals surface area contributed by atoms with Crippen LogP contribution in [0.1, 0.15) is 12.8 Å². The molecule has 2 N–H and O–H groups in total. The molecule has 1 aliphatic heterocycles. The van der Waals surface area contributed by atoms with Crippen LogP contribution in [0.4, 0.5) is 0 Å².